The van der Waals surface area contributed by atoms with Gasteiger partial charge < -0.3 is 15.0 Å². The van der Waals surface area contributed by atoms with Crippen LogP contribution in [0.2, 0.25) is 0 Å². The zero-order valence-corrected chi connectivity index (χ0v) is 11.5. The Morgan fingerprint density at radius 3 is 2.85 bits per heavy atom. The number of aromatic nitrogens is 3. The van der Waals surface area contributed by atoms with Gasteiger partial charge in [0.2, 0.25) is 5.95 Å². The first-order valence-electron chi connectivity index (χ1n) is 6.49. The van der Waals surface area contributed by atoms with Gasteiger partial charge >= 0.3 is 0 Å². The third kappa shape index (κ3) is 1.97. The lowest BCUT2D eigenvalue weighted by Crippen LogP contribution is -2.00. The van der Waals surface area contributed by atoms with Gasteiger partial charge in [-0.25, -0.2) is 4.98 Å². The molecule has 0 amide bonds. The summed E-state index contributed by atoms with van der Waals surface area (Å²) in [5, 5.41) is 0. The lowest BCUT2D eigenvalue weighted by atomic mass is 10.1. The van der Waals surface area contributed by atoms with Gasteiger partial charge in [-0.15, -0.1) is 0 Å². The highest BCUT2D eigenvalue weighted by atomic mass is 16.5. The van der Waals surface area contributed by atoms with E-state index in [-0.39, 0.29) is 0 Å². The van der Waals surface area contributed by atoms with Crippen LogP contribution in [0.15, 0.2) is 36.5 Å². The molecule has 1 aromatic carbocycles. The third-order valence-corrected chi connectivity index (χ3v) is 3.36. The van der Waals surface area contributed by atoms with Crippen molar-refractivity contribution in [2.24, 2.45) is 0 Å². The second-order valence-electron chi connectivity index (χ2n) is 4.50. The maximum atomic E-state index is 5.91. The number of hydrogen-bond acceptors (Lipinski definition) is 4. The van der Waals surface area contributed by atoms with Crippen LogP contribution in [0.1, 0.15) is 6.92 Å². The first-order valence-corrected chi connectivity index (χ1v) is 6.49. The van der Waals surface area contributed by atoms with Crippen molar-refractivity contribution >= 4 is 17.0 Å². The molecule has 102 valence electrons. The van der Waals surface area contributed by atoms with Gasteiger partial charge in [-0.3, -0.25) is 4.98 Å². The minimum Gasteiger partial charge on any atom is -0.497 e. The molecular formula is C15H16N4O. The summed E-state index contributed by atoms with van der Waals surface area (Å²) in [5.41, 5.74) is 9.69. The summed E-state index contributed by atoms with van der Waals surface area (Å²) in [4.78, 5) is 8.76. The summed E-state index contributed by atoms with van der Waals surface area (Å²) in [7, 11) is 1.64. The van der Waals surface area contributed by atoms with Crippen LogP contribution in [0.5, 0.6) is 5.75 Å². The van der Waals surface area contributed by atoms with E-state index >= 15 is 0 Å². The highest BCUT2D eigenvalue weighted by Gasteiger charge is 2.09. The van der Waals surface area contributed by atoms with Crippen LogP contribution >= 0.6 is 0 Å². The van der Waals surface area contributed by atoms with Crippen molar-refractivity contribution < 1.29 is 4.74 Å². The monoisotopic (exact) mass is 268 g/mol. The summed E-state index contributed by atoms with van der Waals surface area (Å²) < 4.78 is 7.21. The van der Waals surface area contributed by atoms with E-state index in [2.05, 4.69) is 16.9 Å². The van der Waals surface area contributed by atoms with Crippen LogP contribution in [0.25, 0.3) is 22.3 Å². The Hall–Kier alpha value is -2.56. The molecule has 3 rings (SSSR count). The first kappa shape index (κ1) is 12.5. The third-order valence-electron chi connectivity index (χ3n) is 3.36. The van der Waals surface area contributed by atoms with Crippen molar-refractivity contribution in [2.45, 2.75) is 13.5 Å². The van der Waals surface area contributed by atoms with Crippen molar-refractivity contribution in [3.63, 3.8) is 0 Å². The number of hydrogen-bond donors (Lipinski definition) is 1. The van der Waals surface area contributed by atoms with E-state index in [0.29, 0.717) is 5.95 Å². The number of anilines is 1. The van der Waals surface area contributed by atoms with Gasteiger partial charge in [-0.1, -0.05) is 6.07 Å². The average Bonchev–Trinajstić information content (AvgIpc) is 2.81. The Kier molecular flexibility index (Phi) is 3.02. The molecule has 0 aliphatic rings. The Balaban J connectivity index is 2.13. The maximum Gasteiger partial charge on any atom is 0.201 e. The number of nitrogen functional groups attached to an aromatic ring is 1. The largest absolute Gasteiger partial charge is 0.497 e. The molecule has 0 atom stereocenters. The Morgan fingerprint density at radius 2 is 2.10 bits per heavy atom. The minimum atomic E-state index is 0.540. The molecule has 5 nitrogen and oxygen atoms in total. The molecule has 0 aliphatic carbocycles. The van der Waals surface area contributed by atoms with Crippen LogP contribution in [-0.4, -0.2) is 21.6 Å². The standard InChI is InChI=1S/C15H16N4O/c1-3-19-14-5-4-10(8-13(14)18-15(19)16)12-9-11(20-2)6-7-17-12/h4-9H,3H2,1-2H3,(H2,16,18). The number of pyridine rings is 1. The quantitative estimate of drug-likeness (QED) is 0.793. The number of nitrogens with zero attached hydrogens (tertiary/aromatic N) is 3. The van der Waals surface area contributed by atoms with Gasteiger partial charge in [0.05, 0.1) is 23.8 Å². The lowest BCUT2D eigenvalue weighted by Gasteiger charge is -2.05. The van der Waals surface area contributed by atoms with Crippen LogP contribution in [0, 0.1) is 0 Å². The molecule has 0 spiro atoms. The number of aryl methyl sites for hydroxylation is 1. The van der Waals surface area contributed by atoms with Gasteiger partial charge in [-0.2, -0.15) is 0 Å². The Bertz CT molecular complexity index is 764. The maximum absolute atomic E-state index is 5.91. The average molecular weight is 268 g/mol. The number of imidazole rings is 1. The molecule has 2 aromatic heterocycles. The molecule has 3 aromatic rings. The van der Waals surface area contributed by atoms with Gasteiger partial charge in [0.25, 0.3) is 0 Å². The summed E-state index contributed by atoms with van der Waals surface area (Å²) in [6, 6.07) is 9.78. The molecule has 0 fully saturated rings. The molecule has 0 saturated carbocycles. The smallest absolute Gasteiger partial charge is 0.201 e. The van der Waals surface area contributed by atoms with Gasteiger partial charge in [-0.05, 0) is 25.1 Å². The summed E-state index contributed by atoms with van der Waals surface area (Å²) in [6.45, 7) is 2.86. The molecule has 0 bridgehead atoms. The molecule has 0 aliphatic heterocycles. The number of nitrogens with two attached hydrogens (primary N) is 1. The fourth-order valence-electron chi connectivity index (χ4n) is 2.34. The minimum absolute atomic E-state index is 0.540. The normalized spacial score (nSPS) is 10.9. The fourth-order valence-corrected chi connectivity index (χ4v) is 2.34. The van der Waals surface area contributed by atoms with Gasteiger partial charge in [0.1, 0.15) is 5.75 Å². The molecule has 20 heavy (non-hydrogen) atoms. The SMILES string of the molecule is CCn1c(N)nc2cc(-c3cc(OC)ccn3)ccc21. The van der Waals surface area contributed by atoms with E-state index in [1.807, 2.05) is 34.9 Å². The fraction of sp³-hybridized carbons (Fsp3) is 0.200. The molecule has 0 unspecified atom stereocenters. The van der Waals surface area contributed by atoms with Crippen LogP contribution in [-0.2, 0) is 6.54 Å². The number of benzene rings is 1. The molecule has 0 radical (unpaired) electrons. The van der Waals surface area contributed by atoms with Crippen molar-refractivity contribution in [3.8, 4) is 17.0 Å². The predicted octanol–water partition coefficient (Wildman–Crippen LogP) is 2.71. The number of methoxy groups -OCH3 is 1. The topological polar surface area (TPSA) is 66.0 Å². The Morgan fingerprint density at radius 1 is 1.25 bits per heavy atom. The van der Waals surface area contributed by atoms with Crippen LogP contribution < -0.4 is 10.5 Å². The zero-order valence-electron chi connectivity index (χ0n) is 11.5. The molecule has 2 heterocycles. The summed E-state index contributed by atoms with van der Waals surface area (Å²) >= 11 is 0. The molecule has 0 saturated heterocycles. The summed E-state index contributed by atoms with van der Waals surface area (Å²) in [6.07, 6.45) is 1.73. The molecular weight excluding hydrogens is 252 g/mol. The first-order chi connectivity index (χ1) is 9.72. The number of rotatable bonds is 3. The highest BCUT2D eigenvalue weighted by molar-refractivity contribution is 5.83. The van der Waals surface area contributed by atoms with Crippen molar-refractivity contribution in [1.29, 1.82) is 0 Å². The predicted molar refractivity (Wildman–Crippen MR) is 79.6 cm³/mol. The van der Waals surface area contributed by atoms with Crippen molar-refractivity contribution in [1.82, 2.24) is 14.5 Å². The van der Waals surface area contributed by atoms with Crippen molar-refractivity contribution in [2.75, 3.05) is 12.8 Å². The summed E-state index contributed by atoms with van der Waals surface area (Å²) in [5.74, 6) is 1.33. The van der Waals surface area contributed by atoms with E-state index < -0.39 is 0 Å². The Labute approximate surface area is 117 Å². The van der Waals surface area contributed by atoms with E-state index in [9.17, 15) is 0 Å². The van der Waals surface area contributed by atoms with Gasteiger partial charge in [0, 0.05) is 24.4 Å². The van der Waals surface area contributed by atoms with Crippen molar-refractivity contribution in [3.05, 3.63) is 36.5 Å². The van der Waals surface area contributed by atoms with E-state index in [1.54, 1.807) is 13.3 Å². The number of fused-ring (bicyclic) bond motifs is 1. The molecule has 2 N–H and O–H groups in total. The lowest BCUT2D eigenvalue weighted by molar-refractivity contribution is 0.414. The second-order valence-corrected chi connectivity index (χ2v) is 4.50. The van der Waals surface area contributed by atoms with E-state index in [0.717, 1.165) is 34.6 Å². The highest BCUT2D eigenvalue weighted by Crippen LogP contribution is 2.26. The zero-order chi connectivity index (χ0) is 14.1. The van der Waals surface area contributed by atoms with Crippen LogP contribution in [0.3, 0.4) is 0 Å². The molecule has 5 heteroatoms. The van der Waals surface area contributed by atoms with E-state index in [1.165, 1.54) is 0 Å². The van der Waals surface area contributed by atoms with E-state index in [4.69, 9.17) is 10.5 Å². The van der Waals surface area contributed by atoms with Crippen LogP contribution in [0.4, 0.5) is 5.95 Å². The van der Waals surface area contributed by atoms with Gasteiger partial charge in [0.15, 0.2) is 0 Å². The number of ether oxygens (including phenoxy) is 1. The second kappa shape index (κ2) is 4.85.